The molecule has 0 unspecified atom stereocenters. The predicted molar refractivity (Wildman–Crippen MR) is 252 cm³/mol. The molecule has 350 valence electrons. The van der Waals surface area contributed by atoms with Gasteiger partial charge < -0.3 is 14.2 Å². The van der Waals surface area contributed by atoms with Gasteiger partial charge in [0.1, 0.15) is 13.2 Å². The molecule has 0 rings (SSSR count). The van der Waals surface area contributed by atoms with Crippen LogP contribution < -0.4 is 0 Å². The van der Waals surface area contributed by atoms with Crippen LogP contribution in [0.4, 0.5) is 0 Å². The van der Waals surface area contributed by atoms with Gasteiger partial charge in [0.25, 0.3) is 0 Å². The Labute approximate surface area is 368 Å². The lowest BCUT2D eigenvalue weighted by molar-refractivity contribution is -0.167. The Bertz CT molecular complexity index is 900. The maximum atomic E-state index is 12.7. The van der Waals surface area contributed by atoms with Gasteiger partial charge in [0.05, 0.1) is 0 Å². The van der Waals surface area contributed by atoms with Crippen LogP contribution in [0.1, 0.15) is 291 Å². The van der Waals surface area contributed by atoms with Gasteiger partial charge in [-0.15, -0.1) is 0 Å². The Morgan fingerprint density at radius 2 is 0.559 bits per heavy atom. The molecule has 0 radical (unpaired) electrons. The smallest absolute Gasteiger partial charge is 0.306 e. The highest BCUT2D eigenvalue weighted by molar-refractivity contribution is 5.71. The molecule has 0 N–H and O–H groups in total. The molecule has 1 atom stereocenters. The van der Waals surface area contributed by atoms with E-state index in [2.05, 4.69) is 34.6 Å². The van der Waals surface area contributed by atoms with E-state index >= 15 is 0 Å². The van der Waals surface area contributed by atoms with Crippen molar-refractivity contribution in [3.05, 3.63) is 0 Å². The van der Waals surface area contributed by atoms with Crippen molar-refractivity contribution in [3.63, 3.8) is 0 Å². The SMILES string of the molecule is CCCCCCCCCCCCCCCCCCC(=O)OC[C@@H](COC(=O)CCCCCCCCCCCCCCCC(C)C)OC(=O)CCCCCCCCC(C)C. The summed E-state index contributed by atoms with van der Waals surface area (Å²) < 4.78 is 16.8. The zero-order valence-electron chi connectivity index (χ0n) is 40.4. The molecule has 0 aromatic rings. The van der Waals surface area contributed by atoms with Gasteiger partial charge in [-0.1, -0.05) is 253 Å². The molecule has 6 heteroatoms. The molecule has 0 aromatic heterocycles. The van der Waals surface area contributed by atoms with Crippen molar-refractivity contribution < 1.29 is 28.6 Å². The van der Waals surface area contributed by atoms with Gasteiger partial charge in [0.2, 0.25) is 0 Å². The fourth-order valence-corrected chi connectivity index (χ4v) is 7.99. The van der Waals surface area contributed by atoms with Crippen LogP contribution in [0.2, 0.25) is 0 Å². The molecule has 0 amide bonds. The fourth-order valence-electron chi connectivity index (χ4n) is 7.99. The normalized spacial score (nSPS) is 12.1. The third kappa shape index (κ3) is 47.3. The average Bonchev–Trinajstić information content (AvgIpc) is 3.20. The Hall–Kier alpha value is -1.59. The molecule has 0 saturated heterocycles. The molecule has 0 bridgehead atoms. The minimum absolute atomic E-state index is 0.0646. The lowest BCUT2D eigenvalue weighted by Gasteiger charge is -2.18. The Morgan fingerprint density at radius 1 is 0.322 bits per heavy atom. The lowest BCUT2D eigenvalue weighted by atomic mass is 10.0. The predicted octanol–water partition coefficient (Wildman–Crippen LogP) is 16.9. The van der Waals surface area contributed by atoms with Crippen molar-refractivity contribution in [1.29, 1.82) is 0 Å². The number of hydrogen-bond acceptors (Lipinski definition) is 6. The highest BCUT2D eigenvalue weighted by atomic mass is 16.6. The van der Waals surface area contributed by atoms with Gasteiger partial charge in [-0.05, 0) is 31.1 Å². The van der Waals surface area contributed by atoms with E-state index in [-0.39, 0.29) is 31.1 Å². The highest BCUT2D eigenvalue weighted by Crippen LogP contribution is 2.17. The Balaban J connectivity index is 4.23. The molecule has 6 nitrogen and oxygen atoms in total. The first kappa shape index (κ1) is 57.4. The largest absolute Gasteiger partial charge is 0.462 e. The van der Waals surface area contributed by atoms with E-state index in [1.165, 1.54) is 180 Å². The Morgan fingerprint density at radius 3 is 0.831 bits per heavy atom. The molecule has 0 aliphatic rings. The van der Waals surface area contributed by atoms with Crippen LogP contribution in [0.25, 0.3) is 0 Å². The number of ether oxygens (including phenoxy) is 3. The fraction of sp³-hybridized carbons (Fsp3) is 0.943. The van der Waals surface area contributed by atoms with E-state index in [1.54, 1.807) is 0 Å². The first-order valence-electron chi connectivity index (χ1n) is 26.2. The summed E-state index contributed by atoms with van der Waals surface area (Å²) in [5.41, 5.74) is 0. The number of esters is 3. The van der Waals surface area contributed by atoms with Crippen LogP contribution in [0.15, 0.2) is 0 Å². The van der Waals surface area contributed by atoms with E-state index in [0.717, 1.165) is 69.6 Å². The van der Waals surface area contributed by atoms with E-state index < -0.39 is 6.10 Å². The highest BCUT2D eigenvalue weighted by Gasteiger charge is 2.19. The molecular weight excluding hydrogens is 733 g/mol. The van der Waals surface area contributed by atoms with Crippen LogP contribution in [0, 0.1) is 11.8 Å². The summed E-state index contributed by atoms with van der Waals surface area (Å²) in [7, 11) is 0. The van der Waals surface area contributed by atoms with Crippen LogP contribution in [-0.4, -0.2) is 37.2 Å². The van der Waals surface area contributed by atoms with Gasteiger partial charge >= 0.3 is 17.9 Å². The lowest BCUT2D eigenvalue weighted by Crippen LogP contribution is -2.30. The molecular formula is C53H102O6. The van der Waals surface area contributed by atoms with E-state index in [0.29, 0.717) is 19.3 Å². The third-order valence-corrected chi connectivity index (χ3v) is 12.0. The summed E-state index contributed by atoms with van der Waals surface area (Å²) in [5.74, 6) is 0.746. The van der Waals surface area contributed by atoms with Crippen molar-refractivity contribution in [1.82, 2.24) is 0 Å². The van der Waals surface area contributed by atoms with Crippen molar-refractivity contribution in [3.8, 4) is 0 Å². The van der Waals surface area contributed by atoms with Crippen molar-refractivity contribution in [2.45, 2.75) is 298 Å². The second-order valence-corrected chi connectivity index (χ2v) is 19.1. The van der Waals surface area contributed by atoms with Crippen molar-refractivity contribution in [2.75, 3.05) is 13.2 Å². The van der Waals surface area contributed by atoms with Crippen LogP contribution in [-0.2, 0) is 28.6 Å². The summed E-state index contributed by atoms with van der Waals surface area (Å²) in [6.07, 6.45) is 46.8. The molecule has 59 heavy (non-hydrogen) atoms. The Kier molecular flexibility index (Phi) is 44.7. The van der Waals surface area contributed by atoms with Gasteiger partial charge in [0, 0.05) is 19.3 Å². The second kappa shape index (κ2) is 45.9. The maximum absolute atomic E-state index is 12.7. The van der Waals surface area contributed by atoms with E-state index in [1.807, 2.05) is 0 Å². The molecule has 0 heterocycles. The van der Waals surface area contributed by atoms with Crippen LogP contribution in [0.3, 0.4) is 0 Å². The van der Waals surface area contributed by atoms with Gasteiger partial charge in [-0.25, -0.2) is 0 Å². The minimum atomic E-state index is -0.762. The topological polar surface area (TPSA) is 78.9 Å². The standard InChI is InChI=1S/C53H102O6/c1-6-7-8-9-10-11-12-13-14-15-18-21-24-27-33-38-43-51(54)57-46-50(59-53(56)45-40-35-30-29-32-37-42-49(4)5)47-58-52(55)44-39-34-28-25-22-19-16-17-20-23-26-31-36-41-48(2)3/h48-50H,6-47H2,1-5H3/t50-/m0/s1. The number of carbonyl (C=O) groups is 3. The zero-order chi connectivity index (χ0) is 43.3. The zero-order valence-corrected chi connectivity index (χ0v) is 40.4. The average molecular weight is 835 g/mol. The summed E-state index contributed by atoms with van der Waals surface area (Å²) in [5, 5.41) is 0. The molecule has 0 spiro atoms. The van der Waals surface area contributed by atoms with Crippen molar-refractivity contribution in [2.24, 2.45) is 11.8 Å². The number of carbonyl (C=O) groups excluding carboxylic acids is 3. The minimum Gasteiger partial charge on any atom is -0.462 e. The van der Waals surface area contributed by atoms with Gasteiger partial charge in [0.15, 0.2) is 6.10 Å². The number of hydrogen-bond donors (Lipinski definition) is 0. The third-order valence-electron chi connectivity index (χ3n) is 12.0. The summed E-state index contributed by atoms with van der Waals surface area (Å²) >= 11 is 0. The molecule has 0 aliphatic heterocycles. The summed E-state index contributed by atoms with van der Waals surface area (Å²) in [4.78, 5) is 37.9. The first-order valence-corrected chi connectivity index (χ1v) is 26.2. The second-order valence-electron chi connectivity index (χ2n) is 19.1. The first-order chi connectivity index (χ1) is 28.7. The monoisotopic (exact) mass is 835 g/mol. The number of rotatable bonds is 47. The van der Waals surface area contributed by atoms with Gasteiger partial charge in [-0.3, -0.25) is 14.4 Å². The maximum Gasteiger partial charge on any atom is 0.306 e. The van der Waals surface area contributed by atoms with Gasteiger partial charge in [-0.2, -0.15) is 0 Å². The summed E-state index contributed by atoms with van der Waals surface area (Å²) in [6.45, 7) is 11.3. The van der Waals surface area contributed by atoms with Crippen LogP contribution in [0.5, 0.6) is 0 Å². The van der Waals surface area contributed by atoms with E-state index in [4.69, 9.17) is 14.2 Å². The quantitative estimate of drug-likeness (QED) is 0.0345. The van der Waals surface area contributed by atoms with E-state index in [9.17, 15) is 14.4 Å². The van der Waals surface area contributed by atoms with Crippen LogP contribution >= 0.6 is 0 Å². The number of unbranched alkanes of at least 4 members (excludes halogenated alkanes) is 32. The molecule has 0 aromatic carbocycles. The molecule has 0 aliphatic carbocycles. The molecule has 0 saturated carbocycles. The molecule has 0 fully saturated rings. The van der Waals surface area contributed by atoms with Crippen molar-refractivity contribution >= 4 is 17.9 Å². The summed E-state index contributed by atoms with van der Waals surface area (Å²) in [6, 6.07) is 0.